The van der Waals surface area contributed by atoms with Crippen molar-refractivity contribution in [1.29, 1.82) is 0 Å². The molecule has 2 aromatic rings. The summed E-state index contributed by atoms with van der Waals surface area (Å²) in [6.45, 7) is 0.597. The molecule has 100 valence electrons. The number of halogens is 1. The van der Waals surface area contributed by atoms with Crippen LogP contribution in [0.25, 0.3) is 0 Å². The van der Waals surface area contributed by atoms with Gasteiger partial charge in [-0.1, -0.05) is 41.9 Å². The molecule has 3 heteroatoms. The molecule has 2 aromatic carbocycles. The van der Waals surface area contributed by atoms with Crippen LogP contribution in [0.15, 0.2) is 48.5 Å². The second-order valence-corrected chi connectivity index (χ2v) is 4.94. The highest BCUT2D eigenvalue weighted by Crippen LogP contribution is 2.28. The topological polar surface area (TPSA) is 35.2 Å². The lowest BCUT2D eigenvalue weighted by atomic mass is 9.92. The van der Waals surface area contributed by atoms with E-state index in [2.05, 4.69) is 12.1 Å². The van der Waals surface area contributed by atoms with Crippen molar-refractivity contribution in [3.63, 3.8) is 0 Å². The van der Waals surface area contributed by atoms with Crippen molar-refractivity contribution >= 4 is 11.6 Å². The zero-order valence-electron chi connectivity index (χ0n) is 11.0. The Hall–Kier alpha value is -1.51. The van der Waals surface area contributed by atoms with Crippen molar-refractivity contribution < 1.29 is 4.74 Å². The van der Waals surface area contributed by atoms with Gasteiger partial charge in [0.2, 0.25) is 0 Å². The molecule has 0 radical (unpaired) electrons. The summed E-state index contributed by atoms with van der Waals surface area (Å²) in [6.07, 6.45) is 0.824. The van der Waals surface area contributed by atoms with E-state index in [1.807, 2.05) is 36.4 Å². The van der Waals surface area contributed by atoms with E-state index in [4.69, 9.17) is 22.1 Å². The van der Waals surface area contributed by atoms with E-state index in [0.717, 1.165) is 22.8 Å². The van der Waals surface area contributed by atoms with Gasteiger partial charge in [-0.05, 0) is 42.3 Å². The molecule has 19 heavy (non-hydrogen) atoms. The molecule has 0 heterocycles. The Bertz CT molecular complexity index is 528. The van der Waals surface area contributed by atoms with Crippen LogP contribution in [0, 0.1) is 0 Å². The van der Waals surface area contributed by atoms with E-state index >= 15 is 0 Å². The van der Waals surface area contributed by atoms with Gasteiger partial charge < -0.3 is 10.5 Å². The van der Waals surface area contributed by atoms with Gasteiger partial charge in [-0.25, -0.2) is 0 Å². The number of benzene rings is 2. The SMILES string of the molecule is COc1ccc(Cl)cc1CC(CN)c1ccccc1. The molecule has 2 rings (SSSR count). The van der Waals surface area contributed by atoms with Gasteiger partial charge in [0.25, 0.3) is 0 Å². The van der Waals surface area contributed by atoms with Gasteiger partial charge in [-0.2, -0.15) is 0 Å². The molecule has 1 unspecified atom stereocenters. The van der Waals surface area contributed by atoms with Gasteiger partial charge in [-0.3, -0.25) is 0 Å². The third-order valence-corrected chi connectivity index (χ3v) is 3.50. The third-order valence-electron chi connectivity index (χ3n) is 3.26. The Kier molecular flexibility index (Phi) is 4.83. The minimum Gasteiger partial charge on any atom is -0.496 e. The summed E-state index contributed by atoms with van der Waals surface area (Å²) < 4.78 is 5.38. The molecule has 0 saturated carbocycles. The number of hydrogen-bond donors (Lipinski definition) is 1. The first-order valence-corrected chi connectivity index (χ1v) is 6.70. The Morgan fingerprint density at radius 1 is 1.16 bits per heavy atom. The summed E-state index contributed by atoms with van der Waals surface area (Å²) in [5.41, 5.74) is 8.24. The van der Waals surface area contributed by atoms with Gasteiger partial charge in [0.05, 0.1) is 7.11 Å². The van der Waals surface area contributed by atoms with Crippen molar-refractivity contribution in [2.45, 2.75) is 12.3 Å². The van der Waals surface area contributed by atoms with E-state index in [0.29, 0.717) is 6.54 Å². The van der Waals surface area contributed by atoms with E-state index < -0.39 is 0 Å². The van der Waals surface area contributed by atoms with Gasteiger partial charge in [-0.15, -0.1) is 0 Å². The van der Waals surface area contributed by atoms with Crippen molar-refractivity contribution in [2.75, 3.05) is 13.7 Å². The summed E-state index contributed by atoms with van der Waals surface area (Å²) in [5.74, 6) is 1.13. The van der Waals surface area contributed by atoms with Crippen LogP contribution in [-0.2, 0) is 6.42 Å². The molecule has 0 spiro atoms. The van der Waals surface area contributed by atoms with E-state index in [9.17, 15) is 0 Å². The van der Waals surface area contributed by atoms with Crippen molar-refractivity contribution in [1.82, 2.24) is 0 Å². The van der Waals surface area contributed by atoms with Crippen LogP contribution in [0.2, 0.25) is 5.02 Å². The van der Waals surface area contributed by atoms with Crippen LogP contribution < -0.4 is 10.5 Å². The Labute approximate surface area is 119 Å². The maximum Gasteiger partial charge on any atom is 0.122 e. The lowest BCUT2D eigenvalue weighted by molar-refractivity contribution is 0.408. The predicted octanol–water partition coefficient (Wildman–Crippen LogP) is 3.63. The maximum absolute atomic E-state index is 6.06. The first-order chi connectivity index (χ1) is 9.24. The van der Waals surface area contributed by atoms with Crippen LogP contribution >= 0.6 is 11.6 Å². The van der Waals surface area contributed by atoms with Crippen LogP contribution in [-0.4, -0.2) is 13.7 Å². The number of rotatable bonds is 5. The monoisotopic (exact) mass is 275 g/mol. The van der Waals surface area contributed by atoms with Gasteiger partial charge in [0.1, 0.15) is 5.75 Å². The lowest BCUT2D eigenvalue weighted by Crippen LogP contribution is -2.15. The van der Waals surface area contributed by atoms with E-state index in [-0.39, 0.29) is 5.92 Å². The molecule has 2 N–H and O–H groups in total. The first-order valence-electron chi connectivity index (χ1n) is 6.32. The third kappa shape index (κ3) is 3.49. The fourth-order valence-corrected chi connectivity index (χ4v) is 2.43. The average Bonchev–Trinajstić information content (AvgIpc) is 2.46. The molecule has 0 aliphatic rings. The van der Waals surface area contributed by atoms with Crippen molar-refractivity contribution in [2.24, 2.45) is 5.73 Å². The molecule has 0 fully saturated rings. The molecular weight excluding hydrogens is 258 g/mol. The molecule has 0 aliphatic carbocycles. The van der Waals surface area contributed by atoms with Gasteiger partial charge in [0.15, 0.2) is 0 Å². The Morgan fingerprint density at radius 2 is 1.89 bits per heavy atom. The van der Waals surface area contributed by atoms with Crippen molar-refractivity contribution in [3.05, 3.63) is 64.7 Å². The average molecular weight is 276 g/mol. The zero-order valence-corrected chi connectivity index (χ0v) is 11.7. The number of nitrogens with two attached hydrogens (primary N) is 1. The van der Waals surface area contributed by atoms with E-state index in [1.165, 1.54) is 5.56 Å². The maximum atomic E-state index is 6.06. The fourth-order valence-electron chi connectivity index (χ4n) is 2.23. The lowest BCUT2D eigenvalue weighted by Gasteiger charge is -2.17. The van der Waals surface area contributed by atoms with Gasteiger partial charge in [0, 0.05) is 10.9 Å². The highest BCUT2D eigenvalue weighted by atomic mass is 35.5. The summed E-state index contributed by atoms with van der Waals surface area (Å²) >= 11 is 6.06. The molecule has 1 atom stereocenters. The first kappa shape index (κ1) is 13.9. The Balaban J connectivity index is 2.26. The summed E-state index contributed by atoms with van der Waals surface area (Å²) in [6, 6.07) is 16.0. The predicted molar refractivity (Wildman–Crippen MR) is 79.9 cm³/mol. The number of methoxy groups -OCH3 is 1. The largest absolute Gasteiger partial charge is 0.496 e. The quantitative estimate of drug-likeness (QED) is 0.904. The highest BCUT2D eigenvalue weighted by Gasteiger charge is 2.13. The van der Waals surface area contributed by atoms with Crippen molar-refractivity contribution in [3.8, 4) is 5.75 Å². The molecule has 0 saturated heterocycles. The molecule has 0 bridgehead atoms. The van der Waals surface area contributed by atoms with Crippen LogP contribution in [0.5, 0.6) is 5.75 Å². The second kappa shape index (κ2) is 6.60. The van der Waals surface area contributed by atoms with Crippen LogP contribution in [0.4, 0.5) is 0 Å². The van der Waals surface area contributed by atoms with Crippen LogP contribution in [0.1, 0.15) is 17.0 Å². The standard InChI is InChI=1S/C16H18ClNO/c1-19-16-8-7-15(17)10-13(16)9-14(11-18)12-5-3-2-4-6-12/h2-8,10,14H,9,11,18H2,1H3. The fraction of sp³-hybridized carbons (Fsp3) is 0.250. The summed E-state index contributed by atoms with van der Waals surface area (Å²) in [4.78, 5) is 0. The summed E-state index contributed by atoms with van der Waals surface area (Å²) in [7, 11) is 1.67. The molecule has 0 aliphatic heterocycles. The normalized spacial score (nSPS) is 12.2. The zero-order chi connectivity index (χ0) is 13.7. The smallest absolute Gasteiger partial charge is 0.122 e. The minimum atomic E-state index is 0.272. The number of hydrogen-bond acceptors (Lipinski definition) is 2. The highest BCUT2D eigenvalue weighted by molar-refractivity contribution is 6.30. The van der Waals surface area contributed by atoms with Crippen LogP contribution in [0.3, 0.4) is 0 Å². The molecule has 2 nitrogen and oxygen atoms in total. The number of ether oxygens (including phenoxy) is 1. The van der Waals surface area contributed by atoms with Gasteiger partial charge >= 0.3 is 0 Å². The second-order valence-electron chi connectivity index (χ2n) is 4.50. The molecule has 0 aromatic heterocycles. The molecule has 0 amide bonds. The summed E-state index contributed by atoms with van der Waals surface area (Å²) in [5, 5.41) is 0.722. The molecular formula is C16H18ClNO. The minimum absolute atomic E-state index is 0.272. The Morgan fingerprint density at radius 3 is 2.53 bits per heavy atom. The van der Waals surface area contributed by atoms with E-state index in [1.54, 1.807) is 7.11 Å².